The molecular formula is C30H31Cl2N5O2S. The average molecular weight is 597 g/mol. The maximum Gasteiger partial charge on any atom is 0.255 e. The lowest BCUT2D eigenvalue weighted by molar-refractivity contribution is -0.130. The highest BCUT2D eigenvalue weighted by molar-refractivity contribution is 7.13. The van der Waals surface area contributed by atoms with E-state index >= 15 is 0 Å². The standard InChI is InChI=1S/C30H31Cl2N5O2S/c1-20-24(30(39)36-13-11-35(12-14-36)18-28(38)34(2)3)16-27(37(20)17-21-7-6-8-22(31)15-21)26-19-40-29(33-26)23-9-4-5-10-25(23)32/h4-10,15-16,19H,11-14,17-18H2,1-3H3. The number of thiazole rings is 1. The summed E-state index contributed by atoms with van der Waals surface area (Å²) < 4.78 is 2.14. The van der Waals surface area contributed by atoms with Crippen molar-refractivity contribution in [3.63, 3.8) is 0 Å². The number of aromatic nitrogens is 2. The number of rotatable bonds is 7. The summed E-state index contributed by atoms with van der Waals surface area (Å²) in [7, 11) is 3.52. The van der Waals surface area contributed by atoms with E-state index < -0.39 is 0 Å². The molecule has 2 amide bonds. The fourth-order valence-corrected chi connectivity index (χ4v) is 6.20. The largest absolute Gasteiger partial charge is 0.348 e. The minimum Gasteiger partial charge on any atom is -0.348 e. The minimum absolute atomic E-state index is 0.0104. The number of hydrogen-bond donors (Lipinski definition) is 0. The summed E-state index contributed by atoms with van der Waals surface area (Å²) in [6, 6.07) is 17.4. The van der Waals surface area contributed by atoms with Gasteiger partial charge in [-0.05, 0) is 36.8 Å². The van der Waals surface area contributed by atoms with Gasteiger partial charge in [0.15, 0.2) is 0 Å². The third kappa shape index (κ3) is 6.10. The van der Waals surface area contributed by atoms with Gasteiger partial charge < -0.3 is 14.4 Å². The Balaban J connectivity index is 1.45. The molecule has 1 saturated heterocycles. The molecule has 2 aromatic heterocycles. The molecule has 10 heteroatoms. The average Bonchev–Trinajstić information content (AvgIpc) is 3.54. The molecule has 0 spiro atoms. The number of nitrogens with zero attached hydrogens (tertiary/aromatic N) is 5. The molecule has 0 aliphatic carbocycles. The zero-order valence-corrected chi connectivity index (χ0v) is 25.1. The zero-order chi connectivity index (χ0) is 28.4. The number of benzene rings is 2. The van der Waals surface area contributed by atoms with Crippen molar-refractivity contribution < 1.29 is 9.59 Å². The highest BCUT2D eigenvalue weighted by atomic mass is 35.5. The highest BCUT2D eigenvalue weighted by Gasteiger charge is 2.28. The summed E-state index contributed by atoms with van der Waals surface area (Å²) in [5.74, 6) is 0.0570. The summed E-state index contributed by atoms with van der Waals surface area (Å²) in [5.41, 5.74) is 5.10. The molecular weight excluding hydrogens is 565 g/mol. The number of hydrogen-bond acceptors (Lipinski definition) is 5. The maximum atomic E-state index is 13.8. The van der Waals surface area contributed by atoms with Crippen molar-refractivity contribution in [3.8, 4) is 22.0 Å². The van der Waals surface area contributed by atoms with Gasteiger partial charge in [-0.1, -0.05) is 53.5 Å². The zero-order valence-electron chi connectivity index (χ0n) is 22.7. The molecule has 1 fully saturated rings. The van der Waals surface area contributed by atoms with Crippen molar-refractivity contribution in [1.82, 2.24) is 24.3 Å². The Morgan fingerprint density at radius 3 is 2.45 bits per heavy atom. The Morgan fingerprint density at radius 1 is 1.00 bits per heavy atom. The van der Waals surface area contributed by atoms with Crippen LogP contribution in [-0.2, 0) is 11.3 Å². The van der Waals surface area contributed by atoms with E-state index in [9.17, 15) is 9.59 Å². The van der Waals surface area contributed by atoms with Crippen LogP contribution in [0.1, 0.15) is 21.6 Å². The summed E-state index contributed by atoms with van der Waals surface area (Å²) >= 11 is 14.3. The van der Waals surface area contributed by atoms with Crippen molar-refractivity contribution in [2.75, 3.05) is 46.8 Å². The molecule has 5 rings (SSSR count). The van der Waals surface area contributed by atoms with Crippen LogP contribution in [0.25, 0.3) is 22.0 Å². The lowest BCUT2D eigenvalue weighted by Gasteiger charge is -2.34. The highest BCUT2D eigenvalue weighted by Crippen LogP contribution is 2.35. The van der Waals surface area contributed by atoms with E-state index in [0.29, 0.717) is 54.9 Å². The SMILES string of the molecule is Cc1c(C(=O)N2CCN(CC(=O)N(C)C)CC2)cc(-c2csc(-c3ccccc3Cl)n2)n1Cc1cccc(Cl)c1. The van der Waals surface area contributed by atoms with E-state index in [1.165, 1.54) is 11.3 Å². The monoisotopic (exact) mass is 595 g/mol. The van der Waals surface area contributed by atoms with Gasteiger partial charge in [-0.25, -0.2) is 4.98 Å². The van der Waals surface area contributed by atoms with Crippen LogP contribution in [0.2, 0.25) is 10.0 Å². The molecule has 1 aliphatic heterocycles. The van der Waals surface area contributed by atoms with E-state index in [2.05, 4.69) is 9.47 Å². The fourth-order valence-electron chi connectivity index (χ4n) is 4.86. The van der Waals surface area contributed by atoms with Gasteiger partial charge in [0.1, 0.15) is 5.01 Å². The van der Waals surface area contributed by atoms with Crippen LogP contribution in [0, 0.1) is 6.92 Å². The summed E-state index contributed by atoms with van der Waals surface area (Å²) in [6.45, 7) is 5.36. The summed E-state index contributed by atoms with van der Waals surface area (Å²) in [6.07, 6.45) is 0. The number of likely N-dealkylation sites (N-methyl/N-ethyl adjacent to an activating group) is 1. The van der Waals surface area contributed by atoms with Crippen LogP contribution in [0.3, 0.4) is 0 Å². The van der Waals surface area contributed by atoms with Gasteiger partial charge >= 0.3 is 0 Å². The smallest absolute Gasteiger partial charge is 0.255 e. The third-order valence-corrected chi connectivity index (χ3v) is 8.65. The Labute approximate surface area is 248 Å². The topological polar surface area (TPSA) is 61.7 Å². The van der Waals surface area contributed by atoms with Gasteiger partial charge in [-0.15, -0.1) is 11.3 Å². The van der Waals surface area contributed by atoms with Crippen molar-refractivity contribution in [1.29, 1.82) is 0 Å². The molecule has 0 saturated carbocycles. The van der Waals surface area contributed by atoms with Gasteiger partial charge in [-0.2, -0.15) is 0 Å². The summed E-state index contributed by atoms with van der Waals surface area (Å²) in [4.78, 5) is 36.4. The predicted octanol–water partition coefficient (Wildman–Crippen LogP) is 5.79. The Hall–Kier alpha value is -3.17. The molecule has 3 heterocycles. The first-order chi connectivity index (χ1) is 19.2. The number of carbonyl (C=O) groups is 2. The molecule has 0 radical (unpaired) electrons. The fraction of sp³-hybridized carbons (Fsp3) is 0.300. The second-order valence-corrected chi connectivity index (χ2v) is 11.8. The van der Waals surface area contributed by atoms with Crippen molar-refractivity contribution in [2.45, 2.75) is 13.5 Å². The van der Waals surface area contributed by atoms with Crippen LogP contribution in [-0.4, -0.2) is 82.9 Å². The van der Waals surface area contributed by atoms with Gasteiger partial charge in [0, 0.05) is 68.5 Å². The first-order valence-corrected chi connectivity index (χ1v) is 14.7. The summed E-state index contributed by atoms with van der Waals surface area (Å²) in [5, 5.41) is 4.15. The van der Waals surface area contributed by atoms with E-state index in [0.717, 1.165) is 33.2 Å². The lowest BCUT2D eigenvalue weighted by Crippen LogP contribution is -2.51. The van der Waals surface area contributed by atoms with Gasteiger partial charge in [0.25, 0.3) is 5.91 Å². The van der Waals surface area contributed by atoms with Gasteiger partial charge in [0.2, 0.25) is 5.91 Å². The van der Waals surface area contributed by atoms with E-state index in [-0.39, 0.29) is 11.8 Å². The normalized spacial score (nSPS) is 14.0. The Morgan fingerprint density at radius 2 is 1.75 bits per heavy atom. The maximum absolute atomic E-state index is 13.8. The first-order valence-electron chi connectivity index (χ1n) is 13.1. The Kier molecular flexibility index (Phi) is 8.61. The number of halogens is 2. The van der Waals surface area contributed by atoms with Crippen molar-refractivity contribution >= 4 is 46.4 Å². The van der Waals surface area contributed by atoms with Crippen molar-refractivity contribution in [2.24, 2.45) is 0 Å². The van der Waals surface area contributed by atoms with Crippen LogP contribution >= 0.6 is 34.5 Å². The quantitative estimate of drug-likeness (QED) is 0.271. The predicted molar refractivity (Wildman–Crippen MR) is 162 cm³/mol. The Bertz CT molecular complexity index is 1540. The van der Waals surface area contributed by atoms with E-state index in [4.69, 9.17) is 28.2 Å². The van der Waals surface area contributed by atoms with E-state index in [1.807, 2.05) is 71.8 Å². The van der Waals surface area contributed by atoms with Crippen LogP contribution in [0.5, 0.6) is 0 Å². The number of amides is 2. The second-order valence-electron chi connectivity index (χ2n) is 10.1. The van der Waals surface area contributed by atoms with Crippen LogP contribution in [0.15, 0.2) is 60.0 Å². The number of piperazine rings is 1. The lowest BCUT2D eigenvalue weighted by atomic mass is 10.2. The number of carbonyl (C=O) groups excluding carboxylic acids is 2. The third-order valence-electron chi connectivity index (χ3n) is 7.21. The van der Waals surface area contributed by atoms with Gasteiger partial charge in [0.05, 0.1) is 28.5 Å². The molecule has 2 aromatic carbocycles. The molecule has 0 unspecified atom stereocenters. The van der Waals surface area contributed by atoms with E-state index in [1.54, 1.807) is 19.0 Å². The van der Waals surface area contributed by atoms with Gasteiger partial charge in [-0.3, -0.25) is 14.5 Å². The molecule has 40 heavy (non-hydrogen) atoms. The molecule has 0 atom stereocenters. The van der Waals surface area contributed by atoms with Crippen LogP contribution < -0.4 is 0 Å². The van der Waals surface area contributed by atoms with Crippen LogP contribution in [0.4, 0.5) is 0 Å². The molecule has 0 N–H and O–H groups in total. The molecule has 0 bridgehead atoms. The molecule has 4 aromatic rings. The molecule has 1 aliphatic rings. The second kappa shape index (κ2) is 12.1. The minimum atomic E-state index is -0.0104. The first kappa shape index (κ1) is 28.4. The molecule has 208 valence electrons. The molecule has 7 nitrogen and oxygen atoms in total. The van der Waals surface area contributed by atoms with Crippen molar-refractivity contribution in [3.05, 3.63) is 86.8 Å².